The Bertz CT molecular complexity index is 412. The van der Waals surface area contributed by atoms with E-state index in [0.29, 0.717) is 6.42 Å². The molecule has 1 heterocycles. The molecule has 19 heavy (non-hydrogen) atoms. The van der Waals surface area contributed by atoms with Gasteiger partial charge in [-0.15, -0.1) is 0 Å². The van der Waals surface area contributed by atoms with Gasteiger partial charge in [-0.2, -0.15) is 0 Å². The number of hydrogen-bond acceptors (Lipinski definition) is 3. The molecule has 2 rings (SSSR count). The minimum atomic E-state index is 0.245. The third-order valence-electron chi connectivity index (χ3n) is 3.49. The fourth-order valence-electron chi connectivity index (χ4n) is 2.40. The molecule has 4 nitrogen and oxygen atoms in total. The summed E-state index contributed by atoms with van der Waals surface area (Å²) >= 11 is 0. The molecule has 1 aromatic rings. The van der Waals surface area contributed by atoms with E-state index in [1.54, 1.807) is 7.11 Å². The summed E-state index contributed by atoms with van der Waals surface area (Å²) in [6, 6.07) is 7.90. The summed E-state index contributed by atoms with van der Waals surface area (Å²) in [6.07, 6.45) is 2.34. The van der Waals surface area contributed by atoms with Crippen molar-refractivity contribution >= 4 is 5.91 Å². The monoisotopic (exact) mass is 262 g/mol. The largest absolute Gasteiger partial charge is 0.496 e. The van der Waals surface area contributed by atoms with Crippen LogP contribution in [-0.2, 0) is 11.2 Å². The molecule has 1 aliphatic heterocycles. The van der Waals surface area contributed by atoms with Crippen LogP contribution in [-0.4, -0.2) is 44.1 Å². The SMILES string of the molecule is COc1ccccc1CCC(=O)N1CCCNCC1. The number of hydrogen-bond donors (Lipinski definition) is 1. The molecule has 1 aliphatic rings. The lowest BCUT2D eigenvalue weighted by atomic mass is 10.1. The van der Waals surface area contributed by atoms with Gasteiger partial charge in [0.15, 0.2) is 0 Å². The Balaban J connectivity index is 1.88. The number of nitrogens with one attached hydrogen (secondary N) is 1. The predicted octanol–water partition coefficient (Wildman–Crippen LogP) is 1.45. The van der Waals surface area contributed by atoms with E-state index in [-0.39, 0.29) is 5.91 Å². The first-order valence-electron chi connectivity index (χ1n) is 6.91. The Kier molecular flexibility index (Phi) is 5.21. The van der Waals surface area contributed by atoms with Crippen LogP contribution in [0.15, 0.2) is 24.3 Å². The smallest absolute Gasteiger partial charge is 0.222 e. The van der Waals surface area contributed by atoms with Crippen molar-refractivity contribution in [2.45, 2.75) is 19.3 Å². The topological polar surface area (TPSA) is 41.6 Å². The van der Waals surface area contributed by atoms with E-state index in [0.717, 1.165) is 50.3 Å². The number of methoxy groups -OCH3 is 1. The Labute approximate surface area is 114 Å². The predicted molar refractivity (Wildman–Crippen MR) is 75.4 cm³/mol. The highest BCUT2D eigenvalue weighted by atomic mass is 16.5. The first kappa shape index (κ1) is 13.9. The second-order valence-corrected chi connectivity index (χ2v) is 4.80. The van der Waals surface area contributed by atoms with E-state index in [9.17, 15) is 4.79 Å². The fraction of sp³-hybridized carbons (Fsp3) is 0.533. The number of rotatable bonds is 4. The molecule has 1 N–H and O–H groups in total. The van der Waals surface area contributed by atoms with Crippen LogP contribution in [0.3, 0.4) is 0 Å². The van der Waals surface area contributed by atoms with Gasteiger partial charge in [0.1, 0.15) is 5.75 Å². The molecule has 1 fully saturated rings. The molecule has 4 heteroatoms. The van der Waals surface area contributed by atoms with Gasteiger partial charge in [0.2, 0.25) is 5.91 Å². The highest BCUT2D eigenvalue weighted by Crippen LogP contribution is 2.19. The zero-order chi connectivity index (χ0) is 13.5. The molecule has 0 unspecified atom stereocenters. The number of nitrogens with zero attached hydrogens (tertiary/aromatic N) is 1. The van der Waals surface area contributed by atoms with Crippen LogP contribution >= 0.6 is 0 Å². The lowest BCUT2D eigenvalue weighted by Crippen LogP contribution is -2.34. The lowest BCUT2D eigenvalue weighted by molar-refractivity contribution is -0.130. The van der Waals surface area contributed by atoms with Crippen molar-refractivity contribution in [3.63, 3.8) is 0 Å². The second kappa shape index (κ2) is 7.14. The van der Waals surface area contributed by atoms with Crippen molar-refractivity contribution in [3.8, 4) is 5.75 Å². The van der Waals surface area contributed by atoms with Crippen molar-refractivity contribution in [3.05, 3.63) is 29.8 Å². The average molecular weight is 262 g/mol. The second-order valence-electron chi connectivity index (χ2n) is 4.80. The van der Waals surface area contributed by atoms with Crippen LogP contribution in [0.5, 0.6) is 5.75 Å². The number of amides is 1. The molecule has 0 spiro atoms. The number of aryl methyl sites for hydroxylation is 1. The van der Waals surface area contributed by atoms with Gasteiger partial charge in [0, 0.05) is 26.1 Å². The molecule has 0 aliphatic carbocycles. The minimum absolute atomic E-state index is 0.245. The summed E-state index contributed by atoms with van der Waals surface area (Å²) in [4.78, 5) is 14.1. The maximum atomic E-state index is 12.2. The fourth-order valence-corrected chi connectivity index (χ4v) is 2.40. The summed E-state index contributed by atoms with van der Waals surface area (Å²) in [7, 11) is 1.67. The molecule has 1 aromatic carbocycles. The van der Waals surface area contributed by atoms with Crippen LogP contribution < -0.4 is 10.1 Å². The van der Waals surface area contributed by atoms with Crippen LogP contribution in [0.2, 0.25) is 0 Å². The third-order valence-corrected chi connectivity index (χ3v) is 3.49. The summed E-state index contributed by atoms with van der Waals surface area (Å²) in [5, 5.41) is 3.31. The van der Waals surface area contributed by atoms with Crippen molar-refractivity contribution in [2.24, 2.45) is 0 Å². The van der Waals surface area contributed by atoms with Crippen LogP contribution in [0, 0.1) is 0 Å². The van der Waals surface area contributed by atoms with Crippen molar-refractivity contribution < 1.29 is 9.53 Å². The number of carbonyl (C=O) groups is 1. The molecule has 0 radical (unpaired) electrons. The van der Waals surface area contributed by atoms with E-state index >= 15 is 0 Å². The Morgan fingerprint density at radius 1 is 1.32 bits per heavy atom. The number of ether oxygens (including phenoxy) is 1. The first-order chi connectivity index (χ1) is 9.31. The van der Waals surface area contributed by atoms with Gasteiger partial charge in [-0.25, -0.2) is 0 Å². The highest BCUT2D eigenvalue weighted by Gasteiger charge is 2.15. The minimum Gasteiger partial charge on any atom is -0.496 e. The summed E-state index contributed by atoms with van der Waals surface area (Å²) < 4.78 is 5.31. The molecule has 0 saturated carbocycles. The summed E-state index contributed by atoms with van der Waals surface area (Å²) in [5.74, 6) is 1.11. The molecule has 104 valence electrons. The van der Waals surface area contributed by atoms with Crippen LogP contribution in [0.4, 0.5) is 0 Å². The van der Waals surface area contributed by atoms with Crippen molar-refractivity contribution in [1.29, 1.82) is 0 Å². The number of benzene rings is 1. The lowest BCUT2D eigenvalue weighted by Gasteiger charge is -2.20. The zero-order valence-electron chi connectivity index (χ0n) is 11.5. The molecule has 0 atom stereocenters. The highest BCUT2D eigenvalue weighted by molar-refractivity contribution is 5.76. The van der Waals surface area contributed by atoms with Crippen molar-refractivity contribution in [1.82, 2.24) is 10.2 Å². The van der Waals surface area contributed by atoms with Gasteiger partial charge in [0.05, 0.1) is 7.11 Å². The molecule has 0 bridgehead atoms. The third kappa shape index (κ3) is 3.96. The summed E-state index contributed by atoms with van der Waals surface area (Å²) in [6.45, 7) is 3.61. The molecule has 1 amide bonds. The van der Waals surface area contributed by atoms with Crippen LogP contribution in [0.1, 0.15) is 18.4 Å². The van der Waals surface area contributed by atoms with E-state index < -0.39 is 0 Å². The standard InChI is InChI=1S/C15H22N2O2/c1-19-14-6-3-2-5-13(14)7-8-15(18)17-11-4-9-16-10-12-17/h2-3,5-6,16H,4,7-12H2,1H3. The molecular weight excluding hydrogens is 240 g/mol. The normalized spacial score (nSPS) is 15.9. The van der Waals surface area contributed by atoms with E-state index in [1.165, 1.54) is 0 Å². The Morgan fingerprint density at radius 2 is 2.16 bits per heavy atom. The molecule has 1 saturated heterocycles. The van der Waals surface area contributed by atoms with Gasteiger partial charge in [-0.1, -0.05) is 18.2 Å². The quantitative estimate of drug-likeness (QED) is 0.893. The molecule has 0 aromatic heterocycles. The Hall–Kier alpha value is -1.55. The maximum Gasteiger partial charge on any atom is 0.222 e. The van der Waals surface area contributed by atoms with E-state index in [4.69, 9.17) is 4.74 Å². The number of para-hydroxylation sites is 1. The van der Waals surface area contributed by atoms with Gasteiger partial charge in [0.25, 0.3) is 0 Å². The zero-order valence-corrected chi connectivity index (χ0v) is 11.5. The first-order valence-corrected chi connectivity index (χ1v) is 6.91. The summed E-state index contributed by atoms with van der Waals surface area (Å²) in [5.41, 5.74) is 1.10. The molecular formula is C15H22N2O2. The Morgan fingerprint density at radius 3 is 3.00 bits per heavy atom. The van der Waals surface area contributed by atoms with E-state index in [2.05, 4.69) is 5.32 Å². The van der Waals surface area contributed by atoms with Gasteiger partial charge < -0.3 is 15.0 Å². The van der Waals surface area contributed by atoms with Crippen molar-refractivity contribution in [2.75, 3.05) is 33.3 Å². The van der Waals surface area contributed by atoms with Gasteiger partial charge in [-0.3, -0.25) is 4.79 Å². The average Bonchev–Trinajstić information content (AvgIpc) is 2.74. The van der Waals surface area contributed by atoms with E-state index in [1.807, 2.05) is 29.2 Å². The maximum absolute atomic E-state index is 12.2. The van der Waals surface area contributed by atoms with Gasteiger partial charge >= 0.3 is 0 Å². The van der Waals surface area contributed by atoms with Gasteiger partial charge in [-0.05, 0) is 31.0 Å². The number of carbonyl (C=O) groups excluding carboxylic acids is 1. The van der Waals surface area contributed by atoms with Crippen LogP contribution in [0.25, 0.3) is 0 Å².